The van der Waals surface area contributed by atoms with E-state index < -0.39 is 0 Å². The van der Waals surface area contributed by atoms with Crippen molar-refractivity contribution in [2.24, 2.45) is 0 Å². The second kappa shape index (κ2) is 15.1. The van der Waals surface area contributed by atoms with Gasteiger partial charge in [0.1, 0.15) is 11.2 Å². The van der Waals surface area contributed by atoms with Crippen molar-refractivity contribution in [3.05, 3.63) is 206 Å². The molecule has 0 bridgehead atoms. The average Bonchev–Trinajstić information content (AvgIpc) is 3.74. The zero-order valence-corrected chi connectivity index (χ0v) is 33.7. The minimum atomic E-state index is 0.501. The highest BCUT2D eigenvalue weighted by Crippen LogP contribution is 2.38. The maximum atomic E-state index is 6.55. The van der Waals surface area contributed by atoms with Crippen molar-refractivity contribution in [2.75, 3.05) is 0 Å². The average molecular weight is 807 g/mol. The molecule has 0 aliphatic carbocycles. The van der Waals surface area contributed by atoms with Crippen LogP contribution >= 0.6 is 0 Å². The highest BCUT2D eigenvalue weighted by molar-refractivity contribution is 6.07. The molecule has 0 amide bonds. The molecule has 294 valence electrons. The normalized spacial score (nSPS) is 11.5. The third-order valence-corrected chi connectivity index (χ3v) is 11.6. The van der Waals surface area contributed by atoms with E-state index in [4.69, 9.17) is 34.3 Å². The van der Waals surface area contributed by atoms with E-state index >= 15 is 0 Å². The van der Waals surface area contributed by atoms with Gasteiger partial charge < -0.3 is 4.42 Å². The van der Waals surface area contributed by atoms with Crippen LogP contribution in [0.3, 0.4) is 0 Å². The number of aromatic nitrogens is 6. The van der Waals surface area contributed by atoms with Crippen molar-refractivity contribution in [2.45, 2.75) is 0 Å². The maximum Gasteiger partial charge on any atom is 0.229 e. The topological polar surface area (TPSA) is 90.5 Å². The Morgan fingerprint density at radius 1 is 0.302 bits per heavy atom. The molecule has 0 unspecified atom stereocenters. The van der Waals surface area contributed by atoms with Crippen LogP contribution in [0.4, 0.5) is 0 Å². The number of furan rings is 1. The molecule has 7 heteroatoms. The van der Waals surface area contributed by atoms with Crippen LogP contribution in [-0.2, 0) is 0 Å². The first kappa shape index (κ1) is 36.2. The van der Waals surface area contributed by atoms with E-state index in [1.165, 1.54) is 21.5 Å². The molecule has 0 saturated carbocycles. The number of hydrogen-bond acceptors (Lipinski definition) is 7. The van der Waals surface area contributed by atoms with Gasteiger partial charge in [-0.1, -0.05) is 176 Å². The molecule has 4 heterocycles. The van der Waals surface area contributed by atoms with Crippen LogP contribution in [0.25, 0.3) is 123 Å². The van der Waals surface area contributed by atoms with E-state index in [1.54, 1.807) is 0 Å². The third kappa shape index (κ3) is 6.74. The van der Waals surface area contributed by atoms with Gasteiger partial charge in [-0.25, -0.2) is 29.9 Å². The second-order valence-electron chi connectivity index (χ2n) is 15.6. The highest BCUT2D eigenvalue weighted by Gasteiger charge is 2.21. The van der Waals surface area contributed by atoms with Gasteiger partial charge in [0, 0.05) is 39.6 Å². The van der Waals surface area contributed by atoms with Gasteiger partial charge in [-0.3, -0.25) is 0 Å². The standard InChI is InChI=1S/C56H34N6O/c1-4-12-35(13-5-1)36-20-24-40(25-21-36)54-60-53(39-16-8-3-9-17-39)61-55(62-54)41-26-22-37(23-27-41)49-51-50(59-52(58-49)38-14-6-2-7-15-38)48-33-47(34-57-56(48)63-51)45-29-28-44-30-42-18-10-11-19-43(42)31-46(44)32-45/h1-34H. The maximum absolute atomic E-state index is 6.55. The second-order valence-corrected chi connectivity index (χ2v) is 15.6. The van der Waals surface area contributed by atoms with Crippen molar-refractivity contribution >= 4 is 43.7 Å². The Balaban J connectivity index is 0.953. The fourth-order valence-corrected chi connectivity index (χ4v) is 8.29. The molecular formula is C56H34N6O. The summed E-state index contributed by atoms with van der Waals surface area (Å²) in [6, 6.07) is 68.5. The fourth-order valence-electron chi connectivity index (χ4n) is 8.29. The third-order valence-electron chi connectivity index (χ3n) is 11.6. The van der Waals surface area contributed by atoms with E-state index in [1.807, 2.05) is 109 Å². The minimum Gasteiger partial charge on any atom is -0.434 e. The molecule has 0 aliphatic rings. The highest BCUT2D eigenvalue weighted by atomic mass is 16.3. The Labute approximate surface area is 362 Å². The zero-order valence-electron chi connectivity index (χ0n) is 33.7. The van der Waals surface area contributed by atoms with Crippen LogP contribution in [0.1, 0.15) is 0 Å². The quantitative estimate of drug-likeness (QED) is 0.148. The minimum absolute atomic E-state index is 0.501. The number of hydrogen-bond donors (Lipinski definition) is 0. The summed E-state index contributed by atoms with van der Waals surface area (Å²) in [5.74, 6) is 2.36. The van der Waals surface area contributed by atoms with Crippen molar-refractivity contribution < 1.29 is 4.42 Å². The SMILES string of the molecule is c1ccc(-c2ccc(-c3nc(-c4ccccc4)nc(-c4ccc(-c5nc(-c6ccccc6)nc6c5oc5ncc(-c7ccc8cc9ccccc9cc8c7)cc56)cc4)n3)cc2)cc1. The van der Waals surface area contributed by atoms with E-state index in [2.05, 4.69) is 97.1 Å². The Kier molecular flexibility index (Phi) is 8.67. The lowest BCUT2D eigenvalue weighted by atomic mass is 9.99. The lowest BCUT2D eigenvalue weighted by Gasteiger charge is -2.10. The fraction of sp³-hybridized carbons (Fsp3) is 0. The van der Waals surface area contributed by atoms with Crippen molar-refractivity contribution in [1.29, 1.82) is 0 Å². The van der Waals surface area contributed by atoms with Gasteiger partial charge in [-0.05, 0) is 62.5 Å². The van der Waals surface area contributed by atoms with Gasteiger partial charge in [0.2, 0.25) is 5.71 Å². The van der Waals surface area contributed by atoms with Gasteiger partial charge in [0.15, 0.2) is 28.9 Å². The Morgan fingerprint density at radius 2 is 0.746 bits per heavy atom. The first-order valence-corrected chi connectivity index (χ1v) is 20.8. The summed E-state index contributed by atoms with van der Waals surface area (Å²) in [6.45, 7) is 0. The molecule has 0 radical (unpaired) electrons. The van der Waals surface area contributed by atoms with Crippen LogP contribution in [0, 0.1) is 0 Å². The van der Waals surface area contributed by atoms with E-state index in [0.717, 1.165) is 55.5 Å². The molecule has 7 nitrogen and oxygen atoms in total. The van der Waals surface area contributed by atoms with Crippen molar-refractivity contribution in [3.8, 4) is 79.1 Å². The lowest BCUT2D eigenvalue weighted by molar-refractivity contribution is 0.653. The van der Waals surface area contributed by atoms with Crippen LogP contribution in [0.2, 0.25) is 0 Å². The number of fused-ring (bicyclic) bond motifs is 5. The number of benzene rings is 8. The van der Waals surface area contributed by atoms with E-state index in [0.29, 0.717) is 45.8 Å². The molecule has 8 aromatic carbocycles. The molecule has 12 rings (SSSR count). The van der Waals surface area contributed by atoms with Crippen molar-refractivity contribution in [3.63, 3.8) is 0 Å². The molecule has 63 heavy (non-hydrogen) atoms. The summed E-state index contributed by atoms with van der Waals surface area (Å²) in [7, 11) is 0. The lowest BCUT2D eigenvalue weighted by Crippen LogP contribution is -2.00. The van der Waals surface area contributed by atoms with Crippen LogP contribution in [0.15, 0.2) is 211 Å². The number of nitrogens with zero attached hydrogens (tertiary/aromatic N) is 6. The summed E-state index contributed by atoms with van der Waals surface area (Å²) in [4.78, 5) is 30.1. The van der Waals surface area contributed by atoms with Crippen molar-refractivity contribution in [1.82, 2.24) is 29.9 Å². The molecule has 0 atom stereocenters. The predicted molar refractivity (Wildman–Crippen MR) is 254 cm³/mol. The Morgan fingerprint density at radius 3 is 1.35 bits per heavy atom. The molecule has 0 fully saturated rings. The summed E-state index contributed by atoms with van der Waals surface area (Å²) >= 11 is 0. The van der Waals surface area contributed by atoms with Gasteiger partial charge in [-0.2, -0.15) is 0 Å². The molecule has 4 aromatic heterocycles. The van der Waals surface area contributed by atoms with E-state index in [-0.39, 0.29) is 0 Å². The first-order valence-electron chi connectivity index (χ1n) is 20.8. The summed E-state index contributed by atoms with van der Waals surface area (Å²) in [6.07, 6.45) is 1.87. The molecule has 12 aromatic rings. The van der Waals surface area contributed by atoms with Gasteiger partial charge in [0.05, 0.1) is 5.39 Å². The number of rotatable bonds is 7. The van der Waals surface area contributed by atoms with E-state index in [9.17, 15) is 0 Å². The molecule has 0 spiro atoms. The molecule has 0 aliphatic heterocycles. The first-order chi connectivity index (χ1) is 31.2. The van der Waals surface area contributed by atoms with Gasteiger partial charge in [0.25, 0.3) is 0 Å². The predicted octanol–water partition coefficient (Wildman–Crippen LogP) is 13.9. The summed E-state index contributed by atoms with van der Waals surface area (Å²) < 4.78 is 6.55. The number of pyridine rings is 1. The monoisotopic (exact) mass is 806 g/mol. The van der Waals surface area contributed by atoms with Crippen LogP contribution in [-0.4, -0.2) is 29.9 Å². The summed E-state index contributed by atoms with van der Waals surface area (Å²) in [5.41, 5.74) is 11.2. The largest absolute Gasteiger partial charge is 0.434 e. The van der Waals surface area contributed by atoms with Gasteiger partial charge >= 0.3 is 0 Å². The summed E-state index contributed by atoms with van der Waals surface area (Å²) in [5, 5.41) is 5.62. The Bertz CT molecular complexity index is 3650. The zero-order chi connectivity index (χ0) is 41.7. The molecule has 0 saturated heterocycles. The smallest absolute Gasteiger partial charge is 0.229 e. The van der Waals surface area contributed by atoms with Crippen LogP contribution < -0.4 is 0 Å². The molecular weight excluding hydrogens is 773 g/mol. The molecule has 0 N–H and O–H groups in total. The van der Waals surface area contributed by atoms with Gasteiger partial charge in [-0.15, -0.1) is 0 Å². The Hall–Kier alpha value is -8.68. The van der Waals surface area contributed by atoms with Crippen LogP contribution in [0.5, 0.6) is 0 Å².